The van der Waals surface area contributed by atoms with Crippen LogP contribution in [0.15, 0.2) is 71.4 Å². The molecule has 0 unspecified atom stereocenters. The maximum absolute atomic E-state index is 14.5. The molecule has 3 heterocycles. The first-order valence-corrected chi connectivity index (χ1v) is 10.8. The van der Waals surface area contributed by atoms with Crippen molar-refractivity contribution in [2.24, 2.45) is 0 Å². The number of H-pyrrole nitrogens is 1. The molecule has 0 atom stereocenters. The van der Waals surface area contributed by atoms with Gasteiger partial charge in [-0.1, -0.05) is 54.9 Å². The van der Waals surface area contributed by atoms with Crippen LogP contribution in [0.1, 0.15) is 25.5 Å². The number of rotatable bonds is 5. The summed E-state index contributed by atoms with van der Waals surface area (Å²) in [6, 6.07) is 17.8. The molecule has 0 spiro atoms. The van der Waals surface area contributed by atoms with Crippen molar-refractivity contribution in [2.75, 3.05) is 0 Å². The van der Waals surface area contributed by atoms with E-state index in [0.29, 0.717) is 34.0 Å². The molecule has 0 fully saturated rings. The van der Waals surface area contributed by atoms with Gasteiger partial charge in [0.05, 0.1) is 16.3 Å². The van der Waals surface area contributed by atoms with E-state index in [1.165, 1.54) is 6.07 Å². The number of halogens is 2. The largest absolute Gasteiger partial charge is 0.341 e. The maximum atomic E-state index is 14.5. The van der Waals surface area contributed by atoms with E-state index in [9.17, 15) is 4.39 Å². The fraction of sp³-hybridized carbons (Fsp3) is 0.120. The zero-order chi connectivity index (χ0) is 22.9. The van der Waals surface area contributed by atoms with Crippen LogP contribution in [-0.4, -0.2) is 25.1 Å². The average molecular weight is 460 g/mol. The molecule has 5 aromatic rings. The van der Waals surface area contributed by atoms with Gasteiger partial charge >= 0.3 is 0 Å². The lowest BCUT2D eigenvalue weighted by Gasteiger charge is -2.05. The monoisotopic (exact) mass is 459 g/mol. The number of benzene rings is 2. The highest BCUT2D eigenvalue weighted by atomic mass is 35.5. The minimum atomic E-state index is -0.432. The predicted molar refractivity (Wildman–Crippen MR) is 125 cm³/mol. The van der Waals surface area contributed by atoms with E-state index >= 15 is 0 Å². The number of aromatic amines is 1. The standard InChI is InChI=1S/C25H19ClFN5O/c1-14(2)21-22(30-24(29-21)20-17(26)9-6-10-18(20)27)16-11-12-19(28-13-16)23-31-25(33-32-23)15-7-4-3-5-8-15/h3-14H,1-2H3,(H,29,30). The Kier molecular flexibility index (Phi) is 5.48. The zero-order valence-electron chi connectivity index (χ0n) is 17.9. The summed E-state index contributed by atoms with van der Waals surface area (Å²) in [5.41, 5.74) is 4.00. The summed E-state index contributed by atoms with van der Waals surface area (Å²) >= 11 is 6.25. The number of hydrogen-bond donors (Lipinski definition) is 1. The third-order valence-corrected chi connectivity index (χ3v) is 5.54. The number of hydrogen-bond acceptors (Lipinski definition) is 5. The molecule has 0 radical (unpaired) electrons. The second-order valence-electron chi connectivity index (χ2n) is 7.82. The van der Waals surface area contributed by atoms with Gasteiger partial charge in [0.2, 0.25) is 5.82 Å². The summed E-state index contributed by atoms with van der Waals surface area (Å²) < 4.78 is 19.8. The molecule has 6 nitrogen and oxygen atoms in total. The molecule has 33 heavy (non-hydrogen) atoms. The molecule has 3 aromatic heterocycles. The van der Waals surface area contributed by atoms with Crippen LogP contribution in [0.25, 0.3) is 45.6 Å². The van der Waals surface area contributed by atoms with Crippen LogP contribution in [0.4, 0.5) is 4.39 Å². The molecule has 2 aromatic carbocycles. The van der Waals surface area contributed by atoms with Crippen LogP contribution in [-0.2, 0) is 0 Å². The van der Waals surface area contributed by atoms with E-state index in [2.05, 4.69) is 25.1 Å². The molecule has 0 aliphatic rings. The highest BCUT2D eigenvalue weighted by molar-refractivity contribution is 6.33. The van der Waals surface area contributed by atoms with Gasteiger partial charge in [0.15, 0.2) is 0 Å². The number of nitrogens with one attached hydrogen (secondary N) is 1. The van der Waals surface area contributed by atoms with Crippen LogP contribution in [0.5, 0.6) is 0 Å². The highest BCUT2D eigenvalue weighted by Gasteiger charge is 2.20. The Labute approximate surface area is 194 Å². The SMILES string of the molecule is CC(C)c1[nH]c(-c2c(F)cccc2Cl)nc1-c1ccc(-c2noc(-c3ccccc3)n2)nc1. The van der Waals surface area contributed by atoms with Crippen molar-refractivity contribution in [2.45, 2.75) is 19.8 Å². The lowest BCUT2D eigenvalue weighted by atomic mass is 10.0. The first kappa shape index (κ1) is 21.0. The smallest absolute Gasteiger partial charge is 0.258 e. The molecule has 1 N–H and O–H groups in total. The lowest BCUT2D eigenvalue weighted by Crippen LogP contribution is -1.93. The quantitative estimate of drug-likeness (QED) is 0.313. The van der Waals surface area contributed by atoms with Gasteiger partial charge in [-0.25, -0.2) is 9.37 Å². The Morgan fingerprint density at radius 3 is 2.45 bits per heavy atom. The van der Waals surface area contributed by atoms with E-state index in [1.54, 1.807) is 18.3 Å². The van der Waals surface area contributed by atoms with Crippen LogP contribution in [0.2, 0.25) is 5.02 Å². The molecular formula is C25H19ClFN5O. The summed E-state index contributed by atoms with van der Waals surface area (Å²) in [5.74, 6) is 0.893. The third kappa shape index (κ3) is 4.03. The first-order chi connectivity index (χ1) is 16.0. The number of nitrogens with zero attached hydrogens (tertiary/aromatic N) is 4. The minimum absolute atomic E-state index is 0.122. The molecule has 8 heteroatoms. The van der Waals surface area contributed by atoms with Gasteiger partial charge in [0.25, 0.3) is 5.89 Å². The van der Waals surface area contributed by atoms with Crippen molar-refractivity contribution in [1.82, 2.24) is 25.1 Å². The predicted octanol–water partition coefficient (Wildman–Crippen LogP) is 6.77. The average Bonchev–Trinajstić information content (AvgIpc) is 3.48. The topological polar surface area (TPSA) is 80.5 Å². The summed E-state index contributed by atoms with van der Waals surface area (Å²) in [6.45, 7) is 4.08. The molecule has 0 saturated carbocycles. The highest BCUT2D eigenvalue weighted by Crippen LogP contribution is 2.34. The fourth-order valence-corrected chi connectivity index (χ4v) is 3.81. The van der Waals surface area contributed by atoms with Gasteiger partial charge in [-0.05, 0) is 42.3 Å². The summed E-state index contributed by atoms with van der Waals surface area (Å²) in [6.07, 6.45) is 1.70. The van der Waals surface area contributed by atoms with E-state index in [4.69, 9.17) is 16.1 Å². The second kappa shape index (κ2) is 8.60. The number of pyridine rings is 1. The van der Waals surface area contributed by atoms with Crippen molar-refractivity contribution in [3.05, 3.63) is 83.4 Å². The van der Waals surface area contributed by atoms with Crippen LogP contribution in [0.3, 0.4) is 0 Å². The fourth-order valence-electron chi connectivity index (χ4n) is 3.56. The van der Waals surface area contributed by atoms with Gasteiger partial charge in [-0.3, -0.25) is 4.98 Å². The van der Waals surface area contributed by atoms with E-state index in [1.807, 2.05) is 56.3 Å². The van der Waals surface area contributed by atoms with Gasteiger partial charge < -0.3 is 9.51 Å². The molecule has 0 bridgehead atoms. The van der Waals surface area contributed by atoms with Crippen molar-refractivity contribution in [1.29, 1.82) is 0 Å². The van der Waals surface area contributed by atoms with Gasteiger partial charge in [-0.15, -0.1) is 0 Å². The Morgan fingerprint density at radius 2 is 1.76 bits per heavy atom. The molecule has 0 amide bonds. The Balaban J connectivity index is 1.50. The molecule has 0 aliphatic heterocycles. The Hall–Kier alpha value is -3.84. The van der Waals surface area contributed by atoms with Crippen molar-refractivity contribution in [3.63, 3.8) is 0 Å². The minimum Gasteiger partial charge on any atom is -0.341 e. The normalized spacial score (nSPS) is 11.3. The van der Waals surface area contributed by atoms with Crippen LogP contribution in [0, 0.1) is 5.82 Å². The molecule has 0 saturated heterocycles. The van der Waals surface area contributed by atoms with Crippen molar-refractivity contribution >= 4 is 11.6 Å². The maximum Gasteiger partial charge on any atom is 0.258 e. The molecular weight excluding hydrogens is 441 g/mol. The summed E-state index contributed by atoms with van der Waals surface area (Å²) in [5, 5.41) is 4.34. The molecule has 0 aliphatic carbocycles. The van der Waals surface area contributed by atoms with Gasteiger partial charge in [0, 0.05) is 23.0 Å². The Bertz CT molecular complexity index is 1390. The summed E-state index contributed by atoms with van der Waals surface area (Å²) in [4.78, 5) is 16.9. The van der Waals surface area contributed by atoms with E-state index in [-0.39, 0.29) is 11.5 Å². The van der Waals surface area contributed by atoms with Gasteiger partial charge in [-0.2, -0.15) is 4.98 Å². The van der Waals surface area contributed by atoms with Crippen LogP contribution >= 0.6 is 11.6 Å². The van der Waals surface area contributed by atoms with E-state index < -0.39 is 5.82 Å². The third-order valence-electron chi connectivity index (χ3n) is 5.22. The second-order valence-corrected chi connectivity index (χ2v) is 8.23. The van der Waals surface area contributed by atoms with Crippen LogP contribution < -0.4 is 0 Å². The lowest BCUT2D eigenvalue weighted by molar-refractivity contribution is 0.432. The Morgan fingerprint density at radius 1 is 0.939 bits per heavy atom. The first-order valence-electron chi connectivity index (χ1n) is 10.4. The van der Waals surface area contributed by atoms with Crippen molar-refractivity contribution < 1.29 is 8.91 Å². The number of imidazole rings is 1. The summed E-state index contributed by atoms with van der Waals surface area (Å²) in [7, 11) is 0. The molecule has 164 valence electrons. The van der Waals surface area contributed by atoms with Gasteiger partial charge in [0.1, 0.15) is 17.3 Å². The van der Waals surface area contributed by atoms with E-state index in [0.717, 1.165) is 16.8 Å². The van der Waals surface area contributed by atoms with Crippen molar-refractivity contribution in [3.8, 4) is 45.6 Å². The number of aromatic nitrogens is 5. The molecule has 5 rings (SSSR count). The zero-order valence-corrected chi connectivity index (χ0v) is 18.6.